The quantitative estimate of drug-likeness (QED) is 0.900. The molecular formula is C15H19N3O2. The average Bonchev–Trinajstić information content (AvgIpc) is 2.49. The van der Waals surface area contributed by atoms with Gasteiger partial charge in [0.25, 0.3) is 0 Å². The van der Waals surface area contributed by atoms with Gasteiger partial charge in [0.15, 0.2) is 0 Å². The SMILES string of the molecule is COc1ccc(C(C#N)N2CCC(C(N)=O)CC2)cc1. The molecule has 1 unspecified atom stereocenters. The first kappa shape index (κ1) is 14.4. The maximum Gasteiger partial charge on any atom is 0.220 e. The standard InChI is InChI=1S/C15H19N3O2/c1-20-13-4-2-11(3-5-13)14(10-16)18-8-6-12(7-9-18)15(17)19/h2-5,12,14H,6-9H2,1H3,(H2,17,19). The monoisotopic (exact) mass is 273 g/mol. The Bertz CT molecular complexity index is 499. The minimum atomic E-state index is -0.283. The van der Waals surface area contributed by atoms with E-state index >= 15 is 0 Å². The molecule has 1 aromatic rings. The summed E-state index contributed by atoms with van der Waals surface area (Å²) in [5.41, 5.74) is 6.28. The van der Waals surface area contributed by atoms with Crippen LogP contribution >= 0.6 is 0 Å². The molecule has 0 saturated carbocycles. The number of ether oxygens (including phenoxy) is 1. The van der Waals surface area contributed by atoms with E-state index in [-0.39, 0.29) is 17.9 Å². The van der Waals surface area contributed by atoms with Crippen molar-refractivity contribution in [1.29, 1.82) is 5.26 Å². The van der Waals surface area contributed by atoms with Gasteiger partial charge < -0.3 is 10.5 Å². The third-order valence-electron chi connectivity index (χ3n) is 3.85. The number of methoxy groups -OCH3 is 1. The minimum absolute atomic E-state index is 0.0542. The average molecular weight is 273 g/mol. The van der Waals surface area contributed by atoms with Crippen molar-refractivity contribution in [1.82, 2.24) is 4.90 Å². The number of nitriles is 1. The number of piperidine rings is 1. The Labute approximate surface area is 118 Å². The van der Waals surface area contributed by atoms with Gasteiger partial charge in [0, 0.05) is 19.0 Å². The van der Waals surface area contributed by atoms with E-state index < -0.39 is 0 Å². The molecule has 5 heteroatoms. The first-order chi connectivity index (χ1) is 9.65. The maximum atomic E-state index is 11.2. The highest BCUT2D eigenvalue weighted by Crippen LogP contribution is 2.27. The summed E-state index contributed by atoms with van der Waals surface area (Å²) in [6.07, 6.45) is 1.45. The predicted octanol–water partition coefficient (Wildman–Crippen LogP) is 1.46. The van der Waals surface area contributed by atoms with E-state index in [9.17, 15) is 10.1 Å². The molecule has 0 bridgehead atoms. The van der Waals surface area contributed by atoms with Gasteiger partial charge in [-0.1, -0.05) is 12.1 Å². The largest absolute Gasteiger partial charge is 0.497 e. The third-order valence-corrected chi connectivity index (χ3v) is 3.85. The van der Waals surface area contributed by atoms with Crippen LogP contribution in [0.5, 0.6) is 5.75 Å². The Morgan fingerprint density at radius 1 is 1.40 bits per heavy atom. The molecule has 1 saturated heterocycles. The summed E-state index contributed by atoms with van der Waals surface area (Å²) in [5, 5.41) is 9.42. The van der Waals surface area contributed by atoms with Crippen molar-refractivity contribution in [2.45, 2.75) is 18.9 Å². The van der Waals surface area contributed by atoms with Crippen molar-refractivity contribution in [3.05, 3.63) is 29.8 Å². The number of nitrogens with two attached hydrogens (primary N) is 1. The predicted molar refractivity (Wildman–Crippen MR) is 74.8 cm³/mol. The number of hydrogen-bond acceptors (Lipinski definition) is 4. The van der Waals surface area contributed by atoms with Crippen molar-refractivity contribution in [2.24, 2.45) is 11.7 Å². The number of carbonyl (C=O) groups is 1. The van der Waals surface area contributed by atoms with Gasteiger partial charge in [0.1, 0.15) is 11.8 Å². The highest BCUT2D eigenvalue weighted by atomic mass is 16.5. The fourth-order valence-electron chi connectivity index (χ4n) is 2.60. The summed E-state index contributed by atoms with van der Waals surface area (Å²) in [5.74, 6) is 0.488. The zero-order chi connectivity index (χ0) is 14.5. The molecule has 0 aliphatic carbocycles. The van der Waals surface area contributed by atoms with E-state index in [1.165, 1.54) is 0 Å². The lowest BCUT2D eigenvalue weighted by molar-refractivity contribution is -0.123. The second-order valence-corrected chi connectivity index (χ2v) is 5.02. The molecule has 1 aromatic carbocycles. The van der Waals surface area contributed by atoms with Crippen molar-refractivity contribution in [3.8, 4) is 11.8 Å². The van der Waals surface area contributed by atoms with Gasteiger partial charge in [-0.15, -0.1) is 0 Å². The second kappa shape index (κ2) is 6.40. The molecule has 1 fully saturated rings. The molecular weight excluding hydrogens is 254 g/mol. The van der Waals surface area contributed by atoms with Gasteiger partial charge in [-0.3, -0.25) is 9.69 Å². The van der Waals surface area contributed by atoms with Crippen molar-refractivity contribution < 1.29 is 9.53 Å². The Kier molecular flexibility index (Phi) is 4.59. The fourth-order valence-corrected chi connectivity index (χ4v) is 2.60. The summed E-state index contributed by atoms with van der Waals surface area (Å²) >= 11 is 0. The fraction of sp³-hybridized carbons (Fsp3) is 0.467. The van der Waals surface area contributed by atoms with Crippen molar-refractivity contribution in [2.75, 3.05) is 20.2 Å². The molecule has 0 spiro atoms. The topological polar surface area (TPSA) is 79.3 Å². The molecule has 0 radical (unpaired) electrons. The number of primary amides is 1. The van der Waals surface area contributed by atoms with Crippen LogP contribution in [0.15, 0.2) is 24.3 Å². The van der Waals surface area contributed by atoms with Crippen LogP contribution in [0.1, 0.15) is 24.4 Å². The molecule has 0 aromatic heterocycles. The van der Waals surface area contributed by atoms with Gasteiger partial charge in [-0.05, 0) is 30.5 Å². The number of amides is 1. The number of carbonyl (C=O) groups excluding carboxylic acids is 1. The number of likely N-dealkylation sites (tertiary alicyclic amines) is 1. The Balaban J connectivity index is 2.05. The van der Waals surface area contributed by atoms with Gasteiger partial charge in [-0.2, -0.15) is 5.26 Å². The Morgan fingerprint density at radius 3 is 2.45 bits per heavy atom. The lowest BCUT2D eigenvalue weighted by atomic mass is 9.94. The molecule has 2 rings (SSSR count). The zero-order valence-corrected chi connectivity index (χ0v) is 11.6. The molecule has 106 valence electrons. The van der Waals surface area contributed by atoms with E-state index in [1.807, 2.05) is 24.3 Å². The lowest BCUT2D eigenvalue weighted by Crippen LogP contribution is -2.40. The van der Waals surface area contributed by atoms with Crippen LogP contribution in [0.25, 0.3) is 0 Å². The molecule has 1 aliphatic rings. The first-order valence-corrected chi connectivity index (χ1v) is 6.72. The van der Waals surface area contributed by atoms with Crippen LogP contribution in [0, 0.1) is 17.2 Å². The van der Waals surface area contributed by atoms with Crippen LogP contribution in [0.4, 0.5) is 0 Å². The van der Waals surface area contributed by atoms with Crippen molar-refractivity contribution in [3.63, 3.8) is 0 Å². The molecule has 2 N–H and O–H groups in total. The third kappa shape index (κ3) is 3.09. The maximum absolute atomic E-state index is 11.2. The number of benzene rings is 1. The summed E-state index contributed by atoms with van der Waals surface area (Å²) in [4.78, 5) is 13.3. The zero-order valence-electron chi connectivity index (χ0n) is 11.6. The summed E-state index contributed by atoms with van der Waals surface area (Å²) in [6.45, 7) is 1.44. The smallest absolute Gasteiger partial charge is 0.220 e. The highest BCUT2D eigenvalue weighted by molar-refractivity contribution is 5.76. The van der Waals surface area contributed by atoms with Gasteiger partial charge in [0.2, 0.25) is 5.91 Å². The summed E-state index contributed by atoms with van der Waals surface area (Å²) in [7, 11) is 1.62. The van der Waals surface area contributed by atoms with Crippen LogP contribution < -0.4 is 10.5 Å². The van der Waals surface area contributed by atoms with E-state index in [1.54, 1.807) is 7.11 Å². The molecule has 1 aliphatic heterocycles. The molecule has 1 atom stereocenters. The van der Waals surface area contributed by atoms with Crippen molar-refractivity contribution >= 4 is 5.91 Å². The molecule has 1 heterocycles. The highest BCUT2D eigenvalue weighted by Gasteiger charge is 2.28. The Morgan fingerprint density at radius 2 is 2.00 bits per heavy atom. The van der Waals surface area contributed by atoms with Crippen LogP contribution in [0.2, 0.25) is 0 Å². The normalized spacial score (nSPS) is 18.2. The Hall–Kier alpha value is -2.06. The van der Waals surface area contributed by atoms with Gasteiger partial charge in [-0.25, -0.2) is 0 Å². The summed E-state index contributed by atoms with van der Waals surface area (Å²) < 4.78 is 5.12. The van der Waals surface area contributed by atoms with Crippen LogP contribution in [0.3, 0.4) is 0 Å². The van der Waals surface area contributed by atoms with E-state index in [4.69, 9.17) is 10.5 Å². The van der Waals surface area contributed by atoms with Gasteiger partial charge in [0.05, 0.1) is 13.2 Å². The number of rotatable bonds is 4. The van der Waals surface area contributed by atoms with Crippen LogP contribution in [-0.2, 0) is 4.79 Å². The number of nitrogens with zero attached hydrogens (tertiary/aromatic N) is 2. The summed E-state index contributed by atoms with van der Waals surface area (Å²) in [6, 6.07) is 9.59. The lowest BCUT2D eigenvalue weighted by Gasteiger charge is -2.33. The van der Waals surface area contributed by atoms with Gasteiger partial charge >= 0.3 is 0 Å². The van der Waals surface area contributed by atoms with E-state index in [0.29, 0.717) is 0 Å². The van der Waals surface area contributed by atoms with E-state index in [0.717, 1.165) is 37.2 Å². The second-order valence-electron chi connectivity index (χ2n) is 5.02. The van der Waals surface area contributed by atoms with E-state index in [2.05, 4.69) is 11.0 Å². The first-order valence-electron chi connectivity index (χ1n) is 6.72. The number of hydrogen-bond donors (Lipinski definition) is 1. The van der Waals surface area contributed by atoms with Crippen LogP contribution in [-0.4, -0.2) is 31.0 Å². The molecule has 5 nitrogen and oxygen atoms in total. The molecule has 20 heavy (non-hydrogen) atoms. The minimum Gasteiger partial charge on any atom is -0.497 e. The molecule has 1 amide bonds.